The van der Waals surface area contributed by atoms with Crippen molar-refractivity contribution in [3.8, 4) is 5.75 Å². The molecule has 110 valence electrons. The predicted octanol–water partition coefficient (Wildman–Crippen LogP) is 2.79. The van der Waals surface area contributed by atoms with Gasteiger partial charge in [-0.1, -0.05) is 12.1 Å². The summed E-state index contributed by atoms with van der Waals surface area (Å²) in [5.41, 5.74) is 5.00. The van der Waals surface area contributed by atoms with Crippen molar-refractivity contribution < 1.29 is 9.53 Å². The monoisotopic (exact) mass is 284 g/mol. The van der Waals surface area contributed by atoms with Crippen LogP contribution < -0.4 is 4.74 Å². The van der Waals surface area contributed by atoms with Gasteiger partial charge in [-0.05, 0) is 37.5 Å². The van der Waals surface area contributed by atoms with Gasteiger partial charge in [-0.3, -0.25) is 9.48 Å². The van der Waals surface area contributed by atoms with Gasteiger partial charge in [0.05, 0.1) is 17.9 Å². The number of nitrogens with zero attached hydrogens (tertiary/aromatic N) is 2. The van der Waals surface area contributed by atoms with Crippen LogP contribution in [0.15, 0.2) is 18.2 Å². The Morgan fingerprint density at radius 3 is 2.90 bits per heavy atom. The van der Waals surface area contributed by atoms with Crippen molar-refractivity contribution in [1.29, 1.82) is 0 Å². The van der Waals surface area contributed by atoms with Crippen molar-refractivity contribution in [3.63, 3.8) is 0 Å². The van der Waals surface area contributed by atoms with E-state index in [0.29, 0.717) is 6.42 Å². The van der Waals surface area contributed by atoms with E-state index in [1.165, 1.54) is 11.1 Å². The third-order valence-electron chi connectivity index (χ3n) is 4.18. The third kappa shape index (κ3) is 2.58. The minimum atomic E-state index is 0.176. The molecule has 0 spiro atoms. The number of ketones is 1. The summed E-state index contributed by atoms with van der Waals surface area (Å²) in [6.07, 6.45) is 2.25. The van der Waals surface area contributed by atoms with Crippen LogP contribution in [0.25, 0.3) is 0 Å². The molecule has 0 unspecified atom stereocenters. The lowest BCUT2D eigenvalue weighted by molar-refractivity contribution is 0.0981. The van der Waals surface area contributed by atoms with E-state index in [-0.39, 0.29) is 5.78 Å². The van der Waals surface area contributed by atoms with Gasteiger partial charge in [0.1, 0.15) is 5.75 Å². The second-order valence-corrected chi connectivity index (χ2v) is 5.63. The first-order valence-corrected chi connectivity index (χ1v) is 7.34. The number of rotatable bonds is 4. The second kappa shape index (κ2) is 5.35. The van der Waals surface area contributed by atoms with Crippen LogP contribution in [-0.2, 0) is 19.9 Å². The number of aryl methyl sites for hydroxylation is 3. The maximum atomic E-state index is 12.4. The zero-order valence-electron chi connectivity index (χ0n) is 12.8. The number of hydrogen-bond acceptors (Lipinski definition) is 3. The molecule has 2 heterocycles. The molecule has 0 bridgehead atoms. The van der Waals surface area contributed by atoms with Gasteiger partial charge in [0, 0.05) is 25.6 Å². The minimum Gasteiger partial charge on any atom is -0.493 e. The van der Waals surface area contributed by atoms with E-state index >= 15 is 0 Å². The van der Waals surface area contributed by atoms with Crippen LogP contribution in [0.2, 0.25) is 0 Å². The summed E-state index contributed by atoms with van der Waals surface area (Å²) < 4.78 is 7.28. The normalized spacial score (nSPS) is 13.1. The lowest BCUT2D eigenvalue weighted by Crippen LogP contribution is -2.04. The molecular weight excluding hydrogens is 264 g/mol. The minimum absolute atomic E-state index is 0.176. The highest BCUT2D eigenvalue weighted by atomic mass is 16.5. The summed E-state index contributed by atoms with van der Waals surface area (Å²) in [6, 6.07) is 6.24. The van der Waals surface area contributed by atoms with Crippen molar-refractivity contribution in [2.45, 2.75) is 33.1 Å². The Bertz CT molecular complexity index is 701. The van der Waals surface area contributed by atoms with E-state index < -0.39 is 0 Å². The number of carbonyl (C=O) groups excluding carboxylic acids is 1. The van der Waals surface area contributed by atoms with Crippen LogP contribution in [0.1, 0.15) is 39.3 Å². The van der Waals surface area contributed by atoms with Gasteiger partial charge in [0.25, 0.3) is 0 Å². The molecule has 3 rings (SSSR count). The molecule has 1 aliphatic rings. The molecule has 0 fully saturated rings. The van der Waals surface area contributed by atoms with Gasteiger partial charge in [0.2, 0.25) is 0 Å². The average molecular weight is 284 g/mol. The van der Waals surface area contributed by atoms with Gasteiger partial charge in [-0.2, -0.15) is 5.10 Å². The quantitative estimate of drug-likeness (QED) is 0.811. The summed E-state index contributed by atoms with van der Waals surface area (Å²) in [7, 11) is 1.87. The van der Waals surface area contributed by atoms with E-state index in [4.69, 9.17) is 4.74 Å². The highest BCUT2D eigenvalue weighted by molar-refractivity contribution is 5.98. The topological polar surface area (TPSA) is 44.1 Å². The molecule has 0 saturated heterocycles. The van der Waals surface area contributed by atoms with Crippen molar-refractivity contribution in [3.05, 3.63) is 46.3 Å². The van der Waals surface area contributed by atoms with Gasteiger partial charge in [-0.15, -0.1) is 0 Å². The molecule has 0 amide bonds. The van der Waals surface area contributed by atoms with Gasteiger partial charge in [-0.25, -0.2) is 0 Å². The molecule has 4 heteroatoms. The van der Waals surface area contributed by atoms with Gasteiger partial charge < -0.3 is 4.74 Å². The molecule has 21 heavy (non-hydrogen) atoms. The molecule has 1 aliphatic heterocycles. The lowest BCUT2D eigenvalue weighted by Gasteiger charge is -2.05. The molecular formula is C17H20N2O2. The Morgan fingerprint density at radius 1 is 1.38 bits per heavy atom. The zero-order chi connectivity index (χ0) is 15.0. The van der Waals surface area contributed by atoms with Gasteiger partial charge in [0.15, 0.2) is 5.78 Å². The van der Waals surface area contributed by atoms with Crippen LogP contribution in [0, 0.1) is 13.8 Å². The number of carbonyl (C=O) groups is 1. The van der Waals surface area contributed by atoms with Crippen molar-refractivity contribution in [2.75, 3.05) is 6.61 Å². The van der Waals surface area contributed by atoms with Crippen molar-refractivity contribution in [2.24, 2.45) is 7.05 Å². The Hall–Kier alpha value is -2.10. The number of hydrogen-bond donors (Lipinski definition) is 0. The summed E-state index contributed by atoms with van der Waals surface area (Å²) in [5, 5.41) is 4.31. The Kier molecular flexibility index (Phi) is 3.53. The number of fused-ring (bicyclic) bond motifs is 1. The molecule has 0 aliphatic carbocycles. The Labute approximate surface area is 124 Å². The average Bonchev–Trinajstić information content (AvgIpc) is 3.01. The molecule has 0 atom stereocenters. The fourth-order valence-electron chi connectivity index (χ4n) is 2.96. The highest BCUT2D eigenvalue weighted by Crippen LogP contribution is 2.26. The number of aromatic nitrogens is 2. The molecule has 4 nitrogen and oxygen atoms in total. The second-order valence-electron chi connectivity index (χ2n) is 5.63. The third-order valence-corrected chi connectivity index (χ3v) is 4.18. The molecule has 1 aromatic carbocycles. The van der Waals surface area contributed by atoms with E-state index in [1.54, 1.807) is 4.68 Å². The predicted molar refractivity (Wildman–Crippen MR) is 81.0 cm³/mol. The maximum Gasteiger partial charge on any atom is 0.166 e. The number of benzene rings is 1. The first-order valence-electron chi connectivity index (χ1n) is 7.34. The molecule has 1 aromatic heterocycles. The smallest absolute Gasteiger partial charge is 0.166 e. The van der Waals surface area contributed by atoms with Crippen LogP contribution in [0.5, 0.6) is 5.75 Å². The first kappa shape index (κ1) is 13.9. The largest absolute Gasteiger partial charge is 0.493 e. The Morgan fingerprint density at radius 2 is 2.19 bits per heavy atom. The number of Topliss-reactive ketones (excluding diaryl/α,β-unsaturated/α-hetero) is 1. The fourth-order valence-corrected chi connectivity index (χ4v) is 2.96. The van der Waals surface area contributed by atoms with Crippen LogP contribution in [0.4, 0.5) is 0 Å². The number of ether oxygens (including phenoxy) is 1. The van der Waals surface area contributed by atoms with Crippen molar-refractivity contribution in [1.82, 2.24) is 9.78 Å². The summed E-state index contributed by atoms with van der Waals surface area (Å²) in [6.45, 7) is 4.61. The standard InChI is InChI=1S/C17H20N2O2/c1-11-17(12(2)19(3)18-11)15(20)6-4-13-5-7-16-14(10-13)8-9-21-16/h5,7,10H,4,6,8-9H2,1-3H3. The van der Waals surface area contributed by atoms with E-state index in [9.17, 15) is 4.79 Å². The Balaban J connectivity index is 1.71. The fraction of sp³-hybridized carbons (Fsp3) is 0.412. The zero-order valence-corrected chi connectivity index (χ0v) is 12.8. The highest BCUT2D eigenvalue weighted by Gasteiger charge is 2.17. The van der Waals surface area contributed by atoms with Gasteiger partial charge >= 0.3 is 0 Å². The van der Waals surface area contributed by atoms with Crippen LogP contribution in [0.3, 0.4) is 0 Å². The van der Waals surface area contributed by atoms with E-state index in [1.807, 2.05) is 27.0 Å². The summed E-state index contributed by atoms with van der Waals surface area (Å²) in [5.74, 6) is 1.17. The van der Waals surface area contributed by atoms with Crippen LogP contribution in [-0.4, -0.2) is 22.2 Å². The molecule has 0 saturated carbocycles. The lowest BCUT2D eigenvalue weighted by atomic mass is 10.00. The first-order chi connectivity index (χ1) is 10.1. The van der Waals surface area contributed by atoms with Crippen LogP contribution >= 0.6 is 0 Å². The molecule has 0 N–H and O–H groups in total. The SMILES string of the molecule is Cc1nn(C)c(C)c1C(=O)CCc1ccc2c(c1)CCO2. The summed E-state index contributed by atoms with van der Waals surface area (Å²) >= 11 is 0. The molecule has 0 radical (unpaired) electrons. The maximum absolute atomic E-state index is 12.4. The molecule has 2 aromatic rings. The van der Waals surface area contributed by atoms with E-state index in [0.717, 1.165) is 42.1 Å². The summed E-state index contributed by atoms with van der Waals surface area (Å²) in [4.78, 5) is 12.4. The van der Waals surface area contributed by atoms with Crippen molar-refractivity contribution >= 4 is 5.78 Å². The van der Waals surface area contributed by atoms with E-state index in [2.05, 4.69) is 17.2 Å².